The van der Waals surface area contributed by atoms with E-state index < -0.39 is 29.3 Å². The third-order valence-electron chi connectivity index (χ3n) is 7.49. The van der Waals surface area contributed by atoms with Gasteiger partial charge in [0.25, 0.3) is 0 Å². The molecule has 0 radical (unpaired) electrons. The second kappa shape index (κ2) is 8.82. The fourth-order valence-electron chi connectivity index (χ4n) is 5.06. The predicted molar refractivity (Wildman–Crippen MR) is 131 cm³/mol. The summed E-state index contributed by atoms with van der Waals surface area (Å²) >= 11 is 7.17. The standard InChI is InChI=1S/C25H27ClN2O5S/c1-5-33-22(31)19-16(14-6-8-15(26)9-7-14)13-34-20(19)27-18(29)12-28-21(30)17-10-11-25(4,23(28)32)24(17,2)3/h6-9,13,17H,5,10-12H2,1-4H3,(H,27,29). The van der Waals surface area contributed by atoms with Gasteiger partial charge in [0, 0.05) is 21.9 Å². The quantitative estimate of drug-likeness (QED) is 0.443. The molecule has 1 saturated heterocycles. The minimum absolute atomic E-state index is 0.175. The fraction of sp³-hybridized carbons (Fsp3) is 0.440. The van der Waals surface area contributed by atoms with E-state index in [4.69, 9.17) is 16.3 Å². The van der Waals surface area contributed by atoms with Gasteiger partial charge in [-0.05, 0) is 42.9 Å². The summed E-state index contributed by atoms with van der Waals surface area (Å²) in [6.45, 7) is 7.27. The number of benzene rings is 1. The summed E-state index contributed by atoms with van der Waals surface area (Å²) in [6.07, 6.45) is 1.25. The lowest BCUT2D eigenvalue weighted by Gasteiger charge is -2.47. The van der Waals surface area contributed by atoms with Crippen LogP contribution in [0.15, 0.2) is 29.6 Å². The molecule has 4 rings (SSSR count). The van der Waals surface area contributed by atoms with Gasteiger partial charge in [-0.1, -0.05) is 44.5 Å². The number of carbonyl (C=O) groups is 4. The highest BCUT2D eigenvalue weighted by molar-refractivity contribution is 7.15. The molecule has 2 aromatic rings. The van der Waals surface area contributed by atoms with Crippen LogP contribution < -0.4 is 5.32 Å². The van der Waals surface area contributed by atoms with Gasteiger partial charge in [-0.2, -0.15) is 0 Å². The third-order valence-corrected chi connectivity index (χ3v) is 8.64. The number of nitrogens with one attached hydrogen (secondary N) is 1. The Labute approximate surface area is 207 Å². The smallest absolute Gasteiger partial charge is 0.341 e. The number of anilines is 1. The van der Waals surface area contributed by atoms with Crippen molar-refractivity contribution in [1.82, 2.24) is 4.90 Å². The average Bonchev–Trinajstić information content (AvgIpc) is 3.27. The third kappa shape index (κ3) is 3.82. The number of thiophene rings is 1. The number of hydrogen-bond acceptors (Lipinski definition) is 6. The van der Waals surface area contributed by atoms with Crippen LogP contribution in [0.3, 0.4) is 0 Å². The van der Waals surface area contributed by atoms with Gasteiger partial charge < -0.3 is 10.1 Å². The Morgan fingerprint density at radius 3 is 2.53 bits per heavy atom. The van der Waals surface area contributed by atoms with E-state index in [1.165, 1.54) is 11.3 Å². The van der Waals surface area contributed by atoms with Crippen LogP contribution in [-0.2, 0) is 19.1 Å². The number of fused-ring (bicyclic) bond motifs is 2. The van der Waals surface area contributed by atoms with E-state index in [0.29, 0.717) is 28.4 Å². The summed E-state index contributed by atoms with van der Waals surface area (Å²) in [4.78, 5) is 53.1. The number of likely N-dealkylation sites (tertiary alicyclic amines) is 1. The molecule has 34 heavy (non-hydrogen) atoms. The summed E-state index contributed by atoms with van der Waals surface area (Å²) in [7, 11) is 0. The molecule has 1 N–H and O–H groups in total. The summed E-state index contributed by atoms with van der Waals surface area (Å²) < 4.78 is 5.22. The number of esters is 1. The van der Waals surface area contributed by atoms with Crippen molar-refractivity contribution in [2.24, 2.45) is 16.7 Å². The van der Waals surface area contributed by atoms with Crippen molar-refractivity contribution in [3.8, 4) is 11.1 Å². The number of imide groups is 1. The molecular weight excluding hydrogens is 476 g/mol. The van der Waals surface area contributed by atoms with Crippen LogP contribution in [0.2, 0.25) is 5.02 Å². The van der Waals surface area contributed by atoms with Gasteiger partial charge in [0.05, 0.1) is 12.0 Å². The van der Waals surface area contributed by atoms with Gasteiger partial charge in [-0.3, -0.25) is 19.3 Å². The van der Waals surface area contributed by atoms with Gasteiger partial charge >= 0.3 is 5.97 Å². The summed E-state index contributed by atoms with van der Waals surface area (Å²) in [5.74, 6) is -2.03. The Hall–Kier alpha value is -2.71. The molecule has 2 bridgehead atoms. The minimum atomic E-state index is -0.688. The van der Waals surface area contributed by atoms with Crippen LogP contribution >= 0.6 is 22.9 Å². The Balaban J connectivity index is 1.59. The molecule has 1 aromatic carbocycles. The molecule has 2 heterocycles. The fourth-order valence-corrected chi connectivity index (χ4v) is 6.16. The highest BCUT2D eigenvalue weighted by Crippen LogP contribution is 2.60. The van der Waals surface area contributed by atoms with E-state index in [1.807, 2.05) is 20.8 Å². The Morgan fingerprint density at radius 1 is 1.21 bits per heavy atom. The van der Waals surface area contributed by atoms with Crippen molar-refractivity contribution in [3.05, 3.63) is 40.2 Å². The van der Waals surface area contributed by atoms with Crippen LogP contribution in [0, 0.1) is 16.7 Å². The lowest BCUT2D eigenvalue weighted by Crippen LogP contribution is -2.60. The first-order chi connectivity index (χ1) is 16.0. The number of rotatable bonds is 6. The van der Waals surface area contributed by atoms with Gasteiger partial charge in [0.15, 0.2) is 0 Å². The molecule has 1 aliphatic carbocycles. The van der Waals surface area contributed by atoms with Crippen LogP contribution in [0.5, 0.6) is 0 Å². The second-order valence-electron chi connectivity index (χ2n) is 9.50. The normalized spacial score (nSPS) is 23.2. The zero-order chi connectivity index (χ0) is 24.8. The molecule has 1 aliphatic heterocycles. The summed E-state index contributed by atoms with van der Waals surface area (Å²) in [5.41, 5.74) is 0.441. The zero-order valence-corrected chi connectivity index (χ0v) is 21.1. The maximum absolute atomic E-state index is 13.2. The van der Waals surface area contributed by atoms with Crippen LogP contribution in [0.1, 0.15) is 50.9 Å². The number of nitrogens with zero attached hydrogens (tertiary/aromatic N) is 1. The number of piperidine rings is 1. The van der Waals surface area contributed by atoms with Gasteiger partial charge in [-0.25, -0.2) is 4.79 Å². The molecule has 1 saturated carbocycles. The summed E-state index contributed by atoms with van der Waals surface area (Å²) in [6, 6.07) is 6.99. The lowest BCUT2D eigenvalue weighted by molar-refractivity contribution is -0.168. The first-order valence-corrected chi connectivity index (χ1v) is 12.5. The topological polar surface area (TPSA) is 92.8 Å². The van der Waals surface area contributed by atoms with E-state index in [-0.39, 0.29) is 29.9 Å². The van der Waals surface area contributed by atoms with Crippen molar-refractivity contribution >= 4 is 51.6 Å². The van der Waals surface area contributed by atoms with Crippen molar-refractivity contribution in [2.75, 3.05) is 18.5 Å². The Bertz CT molecular complexity index is 1170. The monoisotopic (exact) mass is 502 g/mol. The maximum Gasteiger partial charge on any atom is 0.341 e. The van der Waals surface area contributed by atoms with Crippen LogP contribution in [0.4, 0.5) is 5.00 Å². The Kier molecular flexibility index (Phi) is 6.33. The predicted octanol–water partition coefficient (Wildman–Crippen LogP) is 5.00. The zero-order valence-electron chi connectivity index (χ0n) is 19.6. The van der Waals surface area contributed by atoms with Gasteiger partial charge in [0.2, 0.25) is 17.7 Å². The van der Waals surface area contributed by atoms with E-state index >= 15 is 0 Å². The number of carbonyl (C=O) groups excluding carboxylic acids is 4. The maximum atomic E-state index is 13.2. The SMILES string of the molecule is CCOC(=O)c1c(-c2ccc(Cl)cc2)csc1NC(=O)CN1C(=O)C2CCC(C)(C1=O)C2(C)C. The van der Waals surface area contributed by atoms with Crippen molar-refractivity contribution in [3.63, 3.8) is 0 Å². The molecule has 0 spiro atoms. The molecule has 180 valence electrons. The lowest BCUT2D eigenvalue weighted by atomic mass is 9.62. The molecule has 9 heteroatoms. The van der Waals surface area contributed by atoms with E-state index in [1.54, 1.807) is 36.6 Å². The minimum Gasteiger partial charge on any atom is -0.462 e. The molecule has 1 aromatic heterocycles. The van der Waals surface area contributed by atoms with E-state index in [0.717, 1.165) is 10.5 Å². The van der Waals surface area contributed by atoms with Crippen LogP contribution in [-0.4, -0.2) is 41.7 Å². The summed E-state index contributed by atoms with van der Waals surface area (Å²) in [5, 5.41) is 5.35. The largest absolute Gasteiger partial charge is 0.462 e. The van der Waals surface area contributed by atoms with Crippen molar-refractivity contribution in [2.45, 2.75) is 40.5 Å². The Morgan fingerprint density at radius 2 is 1.88 bits per heavy atom. The molecule has 3 amide bonds. The van der Waals surface area contributed by atoms with Crippen molar-refractivity contribution in [1.29, 1.82) is 0 Å². The highest BCUT2D eigenvalue weighted by atomic mass is 35.5. The molecule has 2 aliphatic rings. The molecule has 7 nitrogen and oxygen atoms in total. The number of halogens is 1. The van der Waals surface area contributed by atoms with Crippen molar-refractivity contribution < 1.29 is 23.9 Å². The molecular formula is C25H27ClN2O5S. The highest BCUT2D eigenvalue weighted by Gasteiger charge is 2.64. The van der Waals surface area contributed by atoms with E-state index in [9.17, 15) is 19.2 Å². The molecule has 2 fully saturated rings. The number of ether oxygens (including phenoxy) is 1. The van der Waals surface area contributed by atoms with Crippen LogP contribution in [0.25, 0.3) is 11.1 Å². The molecule has 2 unspecified atom stereocenters. The number of amides is 3. The van der Waals surface area contributed by atoms with Gasteiger partial charge in [-0.15, -0.1) is 11.3 Å². The average molecular weight is 503 g/mol. The van der Waals surface area contributed by atoms with E-state index in [2.05, 4.69) is 5.32 Å². The van der Waals surface area contributed by atoms with Gasteiger partial charge in [0.1, 0.15) is 17.1 Å². The second-order valence-corrected chi connectivity index (χ2v) is 10.8. The molecule has 2 atom stereocenters. The first kappa shape index (κ1) is 24.4. The number of hydrogen-bond donors (Lipinski definition) is 1. The first-order valence-electron chi connectivity index (χ1n) is 11.2.